The summed E-state index contributed by atoms with van der Waals surface area (Å²) in [5.74, 6) is -0.685. The summed E-state index contributed by atoms with van der Waals surface area (Å²) in [4.78, 5) is 23.5. The van der Waals surface area contributed by atoms with Gasteiger partial charge < -0.3 is 15.4 Å². The van der Waals surface area contributed by atoms with Crippen LogP contribution in [0.15, 0.2) is 18.2 Å². The summed E-state index contributed by atoms with van der Waals surface area (Å²) in [6.45, 7) is 2.54. The summed E-state index contributed by atoms with van der Waals surface area (Å²) in [5, 5.41) is 5.93. The number of hydrogen-bond acceptors (Lipinski definition) is 4. The largest absolute Gasteiger partial charge is 0.467 e. The first kappa shape index (κ1) is 13.4. The maximum atomic E-state index is 12.2. The topological polar surface area (TPSA) is 67.4 Å². The van der Waals surface area contributed by atoms with E-state index in [-0.39, 0.29) is 5.91 Å². The summed E-state index contributed by atoms with van der Waals surface area (Å²) >= 11 is 0. The molecule has 102 valence electrons. The van der Waals surface area contributed by atoms with Gasteiger partial charge in [-0.1, -0.05) is 6.07 Å². The van der Waals surface area contributed by atoms with E-state index in [2.05, 4.69) is 15.4 Å². The Morgan fingerprint density at radius 2 is 2.21 bits per heavy atom. The van der Waals surface area contributed by atoms with E-state index in [4.69, 9.17) is 0 Å². The van der Waals surface area contributed by atoms with Crippen LogP contribution in [0.5, 0.6) is 0 Å². The Hall–Kier alpha value is -2.04. The standard InChI is InChI=1S/C14H18N2O3/c1-9(14(18)19-2)16-13(17)11-5-3-7-12-10(11)6-4-8-15-12/h3,5,7,9,15H,4,6,8H2,1-2H3,(H,16,17)/t9-/m0/s1. The van der Waals surface area contributed by atoms with Crippen molar-refractivity contribution in [1.82, 2.24) is 5.32 Å². The number of anilines is 1. The molecule has 5 nitrogen and oxygen atoms in total. The van der Waals surface area contributed by atoms with Crippen molar-refractivity contribution in [3.05, 3.63) is 29.3 Å². The van der Waals surface area contributed by atoms with Crippen LogP contribution in [-0.2, 0) is 16.0 Å². The molecule has 0 radical (unpaired) electrons. The predicted molar refractivity (Wildman–Crippen MR) is 72.2 cm³/mol. The third-order valence-corrected chi connectivity index (χ3v) is 3.24. The number of fused-ring (bicyclic) bond motifs is 1. The molecule has 0 saturated carbocycles. The zero-order chi connectivity index (χ0) is 13.8. The van der Waals surface area contributed by atoms with Gasteiger partial charge in [0.1, 0.15) is 6.04 Å². The minimum Gasteiger partial charge on any atom is -0.467 e. The van der Waals surface area contributed by atoms with Crippen molar-refractivity contribution in [3.63, 3.8) is 0 Å². The Morgan fingerprint density at radius 3 is 2.95 bits per heavy atom. The van der Waals surface area contributed by atoms with Crippen LogP contribution in [-0.4, -0.2) is 31.6 Å². The molecule has 0 aliphatic carbocycles. The van der Waals surface area contributed by atoms with E-state index in [9.17, 15) is 9.59 Å². The van der Waals surface area contributed by atoms with Crippen molar-refractivity contribution in [3.8, 4) is 0 Å². The number of carbonyl (C=O) groups excluding carboxylic acids is 2. The first-order valence-electron chi connectivity index (χ1n) is 6.38. The van der Waals surface area contributed by atoms with Gasteiger partial charge in [0.15, 0.2) is 0 Å². The van der Waals surface area contributed by atoms with Crippen LogP contribution in [0.25, 0.3) is 0 Å². The van der Waals surface area contributed by atoms with Crippen LogP contribution >= 0.6 is 0 Å². The maximum Gasteiger partial charge on any atom is 0.328 e. The highest BCUT2D eigenvalue weighted by Gasteiger charge is 2.21. The van der Waals surface area contributed by atoms with Gasteiger partial charge in [-0.05, 0) is 37.5 Å². The molecule has 2 N–H and O–H groups in total. The first-order valence-corrected chi connectivity index (χ1v) is 6.38. The van der Waals surface area contributed by atoms with Crippen molar-refractivity contribution in [1.29, 1.82) is 0 Å². The third kappa shape index (κ3) is 2.86. The molecule has 0 fully saturated rings. The monoisotopic (exact) mass is 262 g/mol. The highest BCUT2D eigenvalue weighted by atomic mass is 16.5. The Bertz CT molecular complexity index is 499. The predicted octanol–water partition coefficient (Wildman–Crippen LogP) is 1.34. The van der Waals surface area contributed by atoms with E-state index < -0.39 is 12.0 Å². The molecule has 5 heteroatoms. The summed E-state index contributed by atoms with van der Waals surface area (Å²) in [6.07, 6.45) is 1.88. The lowest BCUT2D eigenvalue weighted by Gasteiger charge is -2.21. The number of rotatable bonds is 3. The third-order valence-electron chi connectivity index (χ3n) is 3.24. The number of hydrogen-bond donors (Lipinski definition) is 2. The van der Waals surface area contributed by atoms with Crippen LogP contribution in [0, 0.1) is 0 Å². The number of nitrogens with one attached hydrogen (secondary N) is 2. The average Bonchev–Trinajstić information content (AvgIpc) is 2.45. The number of ether oxygens (including phenoxy) is 1. The molecule has 0 bridgehead atoms. The normalized spacial score (nSPS) is 14.8. The second-order valence-electron chi connectivity index (χ2n) is 4.58. The van der Waals surface area contributed by atoms with Gasteiger partial charge in [0, 0.05) is 17.8 Å². The van der Waals surface area contributed by atoms with Crippen LogP contribution < -0.4 is 10.6 Å². The number of carbonyl (C=O) groups is 2. The van der Waals surface area contributed by atoms with Crippen LogP contribution in [0.2, 0.25) is 0 Å². The van der Waals surface area contributed by atoms with Gasteiger partial charge >= 0.3 is 5.97 Å². The molecule has 2 rings (SSSR count). The van der Waals surface area contributed by atoms with Gasteiger partial charge in [0.2, 0.25) is 0 Å². The number of benzene rings is 1. The molecule has 1 amide bonds. The minimum atomic E-state index is -0.648. The molecule has 0 spiro atoms. The van der Waals surface area contributed by atoms with Crippen LogP contribution in [0.4, 0.5) is 5.69 Å². The van der Waals surface area contributed by atoms with Crippen LogP contribution in [0.3, 0.4) is 0 Å². The molecule has 1 aliphatic rings. The van der Waals surface area contributed by atoms with Crippen molar-refractivity contribution in [2.24, 2.45) is 0 Å². The SMILES string of the molecule is COC(=O)[C@H](C)NC(=O)c1cccc2c1CCCN2. The van der Waals surface area contributed by atoms with Crippen molar-refractivity contribution in [2.75, 3.05) is 19.0 Å². The van der Waals surface area contributed by atoms with Gasteiger partial charge in [-0.3, -0.25) is 4.79 Å². The smallest absolute Gasteiger partial charge is 0.328 e. The van der Waals surface area contributed by atoms with E-state index in [1.807, 2.05) is 12.1 Å². The molecule has 1 aromatic rings. The van der Waals surface area contributed by atoms with Gasteiger partial charge in [0.25, 0.3) is 5.91 Å². The second kappa shape index (κ2) is 5.73. The molecule has 1 atom stereocenters. The molecule has 1 aromatic carbocycles. The molecule has 1 aliphatic heterocycles. The minimum absolute atomic E-state index is 0.238. The lowest BCUT2D eigenvalue weighted by atomic mass is 9.97. The fourth-order valence-electron chi connectivity index (χ4n) is 2.23. The summed E-state index contributed by atoms with van der Waals surface area (Å²) < 4.78 is 4.60. The van der Waals surface area contributed by atoms with Crippen LogP contribution in [0.1, 0.15) is 29.3 Å². The Kier molecular flexibility index (Phi) is 4.04. The molecule has 0 aromatic heterocycles. The summed E-state index contributed by atoms with van der Waals surface area (Å²) in [6, 6.07) is 4.94. The maximum absolute atomic E-state index is 12.2. The number of amides is 1. The Balaban J connectivity index is 2.18. The summed E-state index contributed by atoms with van der Waals surface area (Å²) in [5.41, 5.74) is 2.65. The molecule has 0 unspecified atom stereocenters. The lowest BCUT2D eigenvalue weighted by Crippen LogP contribution is -2.39. The van der Waals surface area contributed by atoms with Crippen molar-refractivity contribution >= 4 is 17.6 Å². The quantitative estimate of drug-likeness (QED) is 0.807. The second-order valence-corrected chi connectivity index (χ2v) is 4.58. The van der Waals surface area contributed by atoms with Crippen molar-refractivity contribution < 1.29 is 14.3 Å². The molecule has 1 heterocycles. The number of esters is 1. The highest BCUT2D eigenvalue weighted by molar-refractivity contribution is 5.99. The average molecular weight is 262 g/mol. The number of methoxy groups -OCH3 is 1. The van der Waals surface area contributed by atoms with E-state index >= 15 is 0 Å². The Labute approximate surface area is 112 Å². The molecular formula is C14H18N2O3. The van der Waals surface area contributed by atoms with Gasteiger partial charge in [-0.2, -0.15) is 0 Å². The van der Waals surface area contributed by atoms with Gasteiger partial charge in [-0.25, -0.2) is 4.79 Å². The van der Waals surface area contributed by atoms with E-state index in [1.54, 1.807) is 13.0 Å². The lowest BCUT2D eigenvalue weighted by molar-refractivity contribution is -0.142. The van der Waals surface area contributed by atoms with Gasteiger partial charge in [-0.15, -0.1) is 0 Å². The zero-order valence-corrected chi connectivity index (χ0v) is 11.2. The molecule has 19 heavy (non-hydrogen) atoms. The van der Waals surface area contributed by atoms with Crippen molar-refractivity contribution in [2.45, 2.75) is 25.8 Å². The summed E-state index contributed by atoms with van der Waals surface area (Å²) in [7, 11) is 1.30. The highest BCUT2D eigenvalue weighted by Crippen LogP contribution is 2.25. The fourth-order valence-corrected chi connectivity index (χ4v) is 2.23. The van der Waals surface area contributed by atoms with Gasteiger partial charge in [0.05, 0.1) is 7.11 Å². The first-order chi connectivity index (χ1) is 9.13. The fraction of sp³-hybridized carbons (Fsp3) is 0.429. The van der Waals surface area contributed by atoms with E-state index in [1.165, 1.54) is 7.11 Å². The molecular weight excluding hydrogens is 244 g/mol. The zero-order valence-electron chi connectivity index (χ0n) is 11.2. The van der Waals surface area contributed by atoms with E-state index in [0.29, 0.717) is 5.56 Å². The van der Waals surface area contributed by atoms with E-state index in [0.717, 1.165) is 30.6 Å². The molecule has 0 saturated heterocycles. The Morgan fingerprint density at radius 1 is 1.42 bits per heavy atom.